The molecule has 0 aromatic heterocycles. The summed E-state index contributed by atoms with van der Waals surface area (Å²) in [5.41, 5.74) is 0. The summed E-state index contributed by atoms with van der Waals surface area (Å²) in [6.07, 6.45) is 12.9. The van der Waals surface area contributed by atoms with Crippen LogP contribution in [-0.2, 0) is 8.85 Å². The Kier molecular flexibility index (Phi) is 17.0. The van der Waals surface area contributed by atoms with Gasteiger partial charge in [-0.3, -0.25) is 0 Å². The fourth-order valence-corrected chi connectivity index (χ4v) is 2.99. The molecule has 0 amide bonds. The van der Waals surface area contributed by atoms with Crippen molar-refractivity contribution in [2.75, 3.05) is 19.8 Å². The number of aliphatic hydroxyl groups excluding tert-OH is 2. The molecule has 4 nitrogen and oxygen atoms in total. The Balaban J connectivity index is -0.000000401. The lowest BCUT2D eigenvalue weighted by atomic mass is 10.2. The molecule has 0 saturated heterocycles. The minimum atomic E-state index is -1.61. The molecular formula is C23H46O4Si2. The van der Waals surface area contributed by atoms with E-state index in [4.69, 9.17) is 25.5 Å². The predicted molar refractivity (Wildman–Crippen MR) is 132 cm³/mol. The first-order valence-corrected chi connectivity index (χ1v) is 15.8. The van der Waals surface area contributed by atoms with Gasteiger partial charge in [0.15, 0.2) is 16.6 Å². The van der Waals surface area contributed by atoms with Gasteiger partial charge in [-0.25, -0.2) is 0 Å². The highest BCUT2D eigenvalue weighted by Gasteiger charge is 2.37. The van der Waals surface area contributed by atoms with Crippen LogP contribution in [0.3, 0.4) is 0 Å². The summed E-state index contributed by atoms with van der Waals surface area (Å²) >= 11 is 0. The number of rotatable bonds is 6. The molecule has 1 atom stereocenters. The van der Waals surface area contributed by atoms with Crippen molar-refractivity contribution in [2.45, 2.75) is 90.8 Å². The van der Waals surface area contributed by atoms with Crippen LogP contribution in [0.25, 0.3) is 0 Å². The highest BCUT2D eigenvalue weighted by Crippen LogP contribution is 2.37. The summed E-state index contributed by atoms with van der Waals surface area (Å²) in [6.45, 7) is 24.8. The van der Waals surface area contributed by atoms with E-state index in [1.165, 1.54) is 0 Å². The largest absolute Gasteiger partial charge is 0.413 e. The van der Waals surface area contributed by atoms with Gasteiger partial charge in [-0.15, -0.1) is 12.8 Å². The van der Waals surface area contributed by atoms with Crippen molar-refractivity contribution in [1.82, 2.24) is 0 Å². The molecule has 0 aliphatic carbocycles. The van der Waals surface area contributed by atoms with Gasteiger partial charge < -0.3 is 19.1 Å². The third-order valence-corrected chi connectivity index (χ3v) is 14.2. The van der Waals surface area contributed by atoms with E-state index in [2.05, 4.69) is 80.1 Å². The third-order valence-electron chi connectivity index (χ3n) is 5.18. The zero-order valence-electron chi connectivity index (χ0n) is 20.7. The maximum atomic E-state index is 9.01. The molecule has 0 aliphatic heterocycles. The fraction of sp³-hybridized carbons (Fsp3) is 0.739. The minimum absolute atomic E-state index is 0.153. The zero-order chi connectivity index (χ0) is 23.9. The molecular weight excluding hydrogens is 396 g/mol. The summed E-state index contributed by atoms with van der Waals surface area (Å²) in [5.74, 6) is 4.49. The molecule has 29 heavy (non-hydrogen) atoms. The van der Waals surface area contributed by atoms with Gasteiger partial charge >= 0.3 is 0 Å². The molecule has 0 unspecified atom stereocenters. The van der Waals surface area contributed by atoms with Crippen LogP contribution in [0.5, 0.6) is 0 Å². The maximum Gasteiger partial charge on any atom is 0.193 e. The number of terminal acetylenes is 2. The van der Waals surface area contributed by atoms with Crippen molar-refractivity contribution >= 4 is 16.6 Å². The van der Waals surface area contributed by atoms with E-state index in [1.54, 1.807) is 13.0 Å². The van der Waals surface area contributed by atoms with Gasteiger partial charge in [-0.2, -0.15) is 0 Å². The van der Waals surface area contributed by atoms with Crippen LogP contribution in [0.4, 0.5) is 0 Å². The quantitative estimate of drug-likeness (QED) is 0.337. The molecule has 0 heterocycles. The smallest absolute Gasteiger partial charge is 0.193 e. The lowest BCUT2D eigenvalue weighted by Gasteiger charge is -2.35. The van der Waals surface area contributed by atoms with Crippen LogP contribution in [0.1, 0.15) is 48.5 Å². The first-order chi connectivity index (χ1) is 12.9. The molecule has 0 saturated carbocycles. The molecule has 6 heteroatoms. The van der Waals surface area contributed by atoms with Gasteiger partial charge in [-0.05, 0) is 43.2 Å². The van der Waals surface area contributed by atoms with E-state index >= 15 is 0 Å². The van der Waals surface area contributed by atoms with E-state index in [1.807, 2.05) is 12.0 Å². The van der Waals surface area contributed by atoms with Crippen molar-refractivity contribution < 1.29 is 19.1 Å². The highest BCUT2D eigenvalue weighted by molar-refractivity contribution is 6.74. The van der Waals surface area contributed by atoms with E-state index in [0.717, 1.165) is 0 Å². The standard InChI is InChI=1S/C11H24O2Si.C9H18OSi.C3H4O/c1-10(12)8-7-9-13-14(5,6)11(2,3)4;1-7-8-10-11(5,6)9(2,3)4;1-2-3-4/h7-8,10,12H,9H2,1-6H3;1H,8H2,2-6H3;1,4H,3H2/b8-7-;;/t10-;;/m1../s1. The lowest BCUT2D eigenvalue weighted by Crippen LogP contribution is -2.40. The Bertz CT molecular complexity index is 525. The van der Waals surface area contributed by atoms with Crippen molar-refractivity contribution in [3.63, 3.8) is 0 Å². The molecule has 0 aromatic rings. The zero-order valence-corrected chi connectivity index (χ0v) is 22.7. The molecule has 170 valence electrons. The molecule has 0 rings (SSSR count). The van der Waals surface area contributed by atoms with E-state index in [9.17, 15) is 0 Å². The summed E-state index contributed by atoms with van der Waals surface area (Å²) in [7, 11) is -3.18. The molecule has 0 bridgehead atoms. The van der Waals surface area contributed by atoms with Gasteiger partial charge in [0.2, 0.25) is 0 Å². The van der Waals surface area contributed by atoms with Crippen LogP contribution in [0.2, 0.25) is 36.3 Å². The fourth-order valence-electron chi connectivity index (χ4n) is 1.16. The van der Waals surface area contributed by atoms with Crippen molar-refractivity contribution in [3.05, 3.63) is 12.2 Å². The summed E-state index contributed by atoms with van der Waals surface area (Å²) in [5, 5.41) is 17.2. The second-order valence-electron chi connectivity index (χ2n) is 9.86. The maximum absolute atomic E-state index is 9.01. The molecule has 2 N–H and O–H groups in total. The Morgan fingerprint density at radius 1 is 0.897 bits per heavy atom. The van der Waals surface area contributed by atoms with Crippen molar-refractivity contribution in [2.24, 2.45) is 0 Å². The van der Waals surface area contributed by atoms with Crippen LogP contribution in [0, 0.1) is 24.7 Å². The average Bonchev–Trinajstić information content (AvgIpc) is 2.55. The second-order valence-corrected chi connectivity index (χ2v) is 19.5. The number of aliphatic hydroxyl groups is 2. The molecule has 0 radical (unpaired) electrons. The van der Waals surface area contributed by atoms with Gasteiger partial charge in [0, 0.05) is 0 Å². The van der Waals surface area contributed by atoms with Gasteiger partial charge in [0.1, 0.15) is 6.61 Å². The Morgan fingerprint density at radius 2 is 1.28 bits per heavy atom. The van der Waals surface area contributed by atoms with E-state index < -0.39 is 16.6 Å². The first kappa shape index (κ1) is 32.8. The van der Waals surface area contributed by atoms with Gasteiger partial charge in [0.05, 0.1) is 19.3 Å². The SMILES string of the molecule is C#CCO.C#CCO[Si](C)(C)C(C)(C)C.C[C@@H](O)/C=C\CO[Si](C)(C)C(C)(C)C. The molecule has 0 spiro atoms. The third kappa shape index (κ3) is 17.7. The Morgan fingerprint density at radius 3 is 1.55 bits per heavy atom. The van der Waals surface area contributed by atoms with Gasteiger partial charge in [0.25, 0.3) is 0 Å². The van der Waals surface area contributed by atoms with E-state index in [0.29, 0.717) is 13.2 Å². The average molecular weight is 443 g/mol. The van der Waals surface area contributed by atoms with Crippen molar-refractivity contribution in [3.8, 4) is 24.7 Å². The molecule has 0 fully saturated rings. The lowest BCUT2D eigenvalue weighted by molar-refractivity contribution is 0.242. The van der Waals surface area contributed by atoms with Crippen LogP contribution in [0.15, 0.2) is 12.2 Å². The summed E-state index contributed by atoms with van der Waals surface area (Å²) < 4.78 is 11.5. The number of hydrogen-bond donors (Lipinski definition) is 2. The number of hydrogen-bond acceptors (Lipinski definition) is 4. The molecule has 0 aliphatic rings. The van der Waals surface area contributed by atoms with Crippen molar-refractivity contribution in [1.29, 1.82) is 0 Å². The molecule has 0 aromatic carbocycles. The Labute approximate surface area is 183 Å². The second kappa shape index (κ2) is 15.0. The topological polar surface area (TPSA) is 58.9 Å². The van der Waals surface area contributed by atoms with Crippen LogP contribution in [-0.4, -0.2) is 52.8 Å². The van der Waals surface area contributed by atoms with E-state index in [-0.39, 0.29) is 22.8 Å². The first-order valence-electron chi connectivity index (χ1n) is 10.00. The summed E-state index contributed by atoms with van der Waals surface area (Å²) in [6, 6.07) is 0. The van der Waals surface area contributed by atoms with Crippen LogP contribution >= 0.6 is 0 Å². The minimum Gasteiger partial charge on any atom is -0.413 e. The Hall–Kier alpha value is -0.866. The normalized spacial score (nSPS) is 13.3. The predicted octanol–water partition coefficient (Wildman–Crippen LogP) is 5.20. The van der Waals surface area contributed by atoms with Crippen LogP contribution < -0.4 is 0 Å². The van der Waals surface area contributed by atoms with Gasteiger partial charge in [-0.1, -0.05) is 65.5 Å². The monoisotopic (exact) mass is 442 g/mol. The highest BCUT2D eigenvalue weighted by atomic mass is 28.4. The summed E-state index contributed by atoms with van der Waals surface area (Å²) in [4.78, 5) is 0.